The number of hydrogen-bond acceptors (Lipinski definition) is 8. The van der Waals surface area contributed by atoms with E-state index in [0.29, 0.717) is 59.4 Å². The van der Waals surface area contributed by atoms with Crippen LogP contribution in [0, 0.1) is 0 Å². The number of rotatable bonds is 9. The Morgan fingerprint density at radius 1 is 0.837 bits per heavy atom. The molecule has 1 saturated heterocycles. The van der Waals surface area contributed by atoms with E-state index in [1.54, 1.807) is 61.7 Å². The van der Waals surface area contributed by atoms with Crippen molar-refractivity contribution in [3.63, 3.8) is 0 Å². The minimum absolute atomic E-state index is 0.0175. The molecule has 0 unspecified atom stereocenters. The van der Waals surface area contributed by atoms with Gasteiger partial charge in [-0.2, -0.15) is 0 Å². The second-order valence-corrected chi connectivity index (χ2v) is 10.8. The normalized spacial score (nSPS) is 13.2. The van der Waals surface area contributed by atoms with Gasteiger partial charge in [-0.15, -0.1) is 11.3 Å². The number of piperidine rings is 1. The Bertz CT molecular complexity index is 1600. The van der Waals surface area contributed by atoms with Gasteiger partial charge in [-0.1, -0.05) is 6.07 Å². The Kier molecular flexibility index (Phi) is 9.11. The molecule has 0 atom stereocenters. The molecular weight excluding hydrogens is 568 g/mol. The molecule has 2 heterocycles. The van der Waals surface area contributed by atoms with E-state index < -0.39 is 11.8 Å². The lowest BCUT2D eigenvalue weighted by Gasteiger charge is -2.32. The van der Waals surface area contributed by atoms with Gasteiger partial charge >= 0.3 is 0 Å². The van der Waals surface area contributed by atoms with Crippen molar-refractivity contribution in [2.24, 2.45) is 0 Å². The number of anilines is 3. The molecule has 0 radical (unpaired) electrons. The highest BCUT2D eigenvalue weighted by molar-refractivity contribution is 7.12. The van der Waals surface area contributed by atoms with Gasteiger partial charge in [0.2, 0.25) is 0 Å². The van der Waals surface area contributed by atoms with Crippen LogP contribution >= 0.6 is 11.3 Å². The second-order valence-electron chi connectivity index (χ2n) is 9.89. The predicted octanol–water partition coefficient (Wildman–Crippen LogP) is 5.54. The highest BCUT2D eigenvalue weighted by Crippen LogP contribution is 2.30. The smallest absolute Gasteiger partial charge is 0.263 e. The van der Waals surface area contributed by atoms with Crippen molar-refractivity contribution in [2.75, 3.05) is 43.7 Å². The fraction of sp³-hybridized carbons (Fsp3) is 0.219. The maximum absolute atomic E-state index is 13.6. The third-order valence-electron chi connectivity index (χ3n) is 7.07. The molecule has 4 aromatic rings. The maximum atomic E-state index is 13.6. The van der Waals surface area contributed by atoms with Gasteiger partial charge < -0.3 is 35.5 Å². The Hall–Kier alpha value is -5.03. The summed E-state index contributed by atoms with van der Waals surface area (Å²) in [6, 6.07) is 20.2. The first kappa shape index (κ1) is 29.5. The molecule has 5 rings (SSSR count). The van der Waals surface area contributed by atoms with E-state index in [0.717, 1.165) is 0 Å². The van der Waals surface area contributed by atoms with Crippen molar-refractivity contribution >= 4 is 46.1 Å². The van der Waals surface area contributed by atoms with Crippen LogP contribution in [0.1, 0.15) is 43.2 Å². The average molecular weight is 601 g/mol. The largest absolute Gasteiger partial charge is 0.497 e. The summed E-state index contributed by atoms with van der Waals surface area (Å²) in [5, 5.41) is 7.55. The first-order chi connectivity index (χ1) is 20.8. The van der Waals surface area contributed by atoms with Crippen LogP contribution in [0.5, 0.6) is 17.2 Å². The van der Waals surface area contributed by atoms with Gasteiger partial charge in [0.05, 0.1) is 35.9 Å². The zero-order valence-corrected chi connectivity index (χ0v) is 24.6. The lowest BCUT2D eigenvalue weighted by Crippen LogP contribution is -2.41. The van der Waals surface area contributed by atoms with Crippen molar-refractivity contribution < 1.29 is 28.6 Å². The minimum Gasteiger partial charge on any atom is -0.497 e. The van der Waals surface area contributed by atoms with Crippen LogP contribution in [0.25, 0.3) is 0 Å². The second kappa shape index (κ2) is 13.3. The predicted molar refractivity (Wildman–Crippen MR) is 167 cm³/mol. The van der Waals surface area contributed by atoms with E-state index in [4.69, 9.17) is 19.9 Å². The zero-order valence-electron chi connectivity index (χ0n) is 23.8. The first-order valence-electron chi connectivity index (χ1n) is 13.7. The fourth-order valence-electron chi connectivity index (χ4n) is 4.75. The molecule has 0 aliphatic carbocycles. The van der Waals surface area contributed by atoms with Crippen LogP contribution in [-0.2, 0) is 0 Å². The highest BCUT2D eigenvalue weighted by Gasteiger charge is 2.27. The van der Waals surface area contributed by atoms with Crippen LogP contribution in [0.4, 0.5) is 17.1 Å². The maximum Gasteiger partial charge on any atom is 0.263 e. The molecule has 4 N–H and O–H groups in total. The van der Waals surface area contributed by atoms with E-state index in [9.17, 15) is 14.4 Å². The number of likely N-dealkylation sites (tertiary alicyclic amines) is 1. The molecular formula is C32H32N4O6S. The van der Waals surface area contributed by atoms with Crippen molar-refractivity contribution in [1.82, 2.24) is 4.90 Å². The molecule has 3 aromatic carbocycles. The number of nitrogens with zero attached hydrogens (tertiary/aromatic N) is 1. The van der Waals surface area contributed by atoms with Crippen LogP contribution in [0.3, 0.4) is 0 Å². The number of nitrogen functional groups attached to an aromatic ring is 1. The van der Waals surface area contributed by atoms with E-state index in [1.165, 1.54) is 24.5 Å². The van der Waals surface area contributed by atoms with E-state index in [2.05, 4.69) is 10.6 Å². The third kappa shape index (κ3) is 7.07. The minimum atomic E-state index is -0.480. The Labute approximate surface area is 253 Å². The topological polar surface area (TPSA) is 132 Å². The molecule has 0 bridgehead atoms. The quantitative estimate of drug-likeness (QED) is 0.215. The van der Waals surface area contributed by atoms with Gasteiger partial charge in [-0.25, -0.2) is 0 Å². The molecule has 1 aliphatic rings. The van der Waals surface area contributed by atoms with Crippen LogP contribution in [0.2, 0.25) is 0 Å². The highest BCUT2D eigenvalue weighted by atomic mass is 32.1. The molecule has 11 heteroatoms. The zero-order chi connectivity index (χ0) is 30.3. The number of nitrogens with two attached hydrogens (primary N) is 1. The number of thiophene rings is 1. The summed E-state index contributed by atoms with van der Waals surface area (Å²) >= 11 is 1.42. The number of nitrogens with one attached hydrogen (secondary N) is 2. The van der Waals surface area contributed by atoms with Crippen molar-refractivity contribution in [1.29, 1.82) is 0 Å². The summed E-state index contributed by atoms with van der Waals surface area (Å²) in [5.74, 6) is 0.646. The Morgan fingerprint density at radius 2 is 1.51 bits per heavy atom. The molecule has 0 saturated carbocycles. The lowest BCUT2D eigenvalue weighted by atomic mass is 10.1. The molecule has 222 valence electrons. The number of carbonyl (C=O) groups excluding carboxylic acids is 3. The molecule has 1 fully saturated rings. The first-order valence-corrected chi connectivity index (χ1v) is 14.6. The molecule has 10 nitrogen and oxygen atoms in total. The molecule has 1 aromatic heterocycles. The number of methoxy groups -OCH3 is 2. The van der Waals surface area contributed by atoms with Gasteiger partial charge in [0, 0.05) is 43.4 Å². The van der Waals surface area contributed by atoms with Gasteiger partial charge in [0.1, 0.15) is 23.4 Å². The SMILES string of the molecule is COc1ccc(NC(=O)c2ccc(N)cc2NC(=O)c2ccc(OC)cc2OC2CCN(C(=O)c3cccs3)CC2)cc1. The van der Waals surface area contributed by atoms with E-state index in [1.807, 2.05) is 22.4 Å². The molecule has 0 spiro atoms. The summed E-state index contributed by atoms with van der Waals surface area (Å²) in [4.78, 5) is 42.0. The van der Waals surface area contributed by atoms with Crippen molar-refractivity contribution in [2.45, 2.75) is 18.9 Å². The number of benzene rings is 3. The van der Waals surface area contributed by atoms with Crippen LogP contribution in [-0.4, -0.2) is 56.0 Å². The summed E-state index contributed by atoms with van der Waals surface area (Å²) < 4.78 is 16.9. The third-order valence-corrected chi connectivity index (χ3v) is 7.93. The van der Waals surface area contributed by atoms with Gasteiger partial charge in [0.25, 0.3) is 17.7 Å². The van der Waals surface area contributed by atoms with Crippen molar-refractivity contribution in [3.05, 3.63) is 94.2 Å². The van der Waals surface area contributed by atoms with Crippen LogP contribution in [0.15, 0.2) is 78.2 Å². The number of hydrogen-bond donors (Lipinski definition) is 3. The van der Waals surface area contributed by atoms with Gasteiger partial charge in [-0.3, -0.25) is 14.4 Å². The van der Waals surface area contributed by atoms with E-state index in [-0.39, 0.29) is 28.8 Å². The summed E-state index contributed by atoms with van der Waals surface area (Å²) in [5.41, 5.74) is 7.71. The summed E-state index contributed by atoms with van der Waals surface area (Å²) in [6.45, 7) is 1.09. The van der Waals surface area contributed by atoms with E-state index >= 15 is 0 Å². The number of carbonyl (C=O) groups is 3. The molecule has 1 aliphatic heterocycles. The Morgan fingerprint density at radius 3 is 2.19 bits per heavy atom. The standard InChI is InChI=1S/C32H32N4O6S/c1-40-22-8-6-21(7-9-22)34-30(37)25-11-5-20(33)18-27(25)35-31(38)26-12-10-24(41-2)19-28(26)42-23-13-15-36(16-14-23)32(39)29-4-3-17-43-29/h3-12,17-19,23H,13-16,33H2,1-2H3,(H,34,37)(H,35,38). The van der Waals surface area contributed by atoms with Gasteiger partial charge in [0.15, 0.2) is 0 Å². The fourth-order valence-corrected chi connectivity index (χ4v) is 5.44. The molecule has 43 heavy (non-hydrogen) atoms. The average Bonchev–Trinajstić information content (AvgIpc) is 3.57. The Balaban J connectivity index is 1.31. The summed E-state index contributed by atoms with van der Waals surface area (Å²) in [6.07, 6.45) is 1.02. The van der Waals surface area contributed by atoms with Crippen LogP contribution < -0.4 is 30.6 Å². The van der Waals surface area contributed by atoms with Crippen molar-refractivity contribution in [3.8, 4) is 17.2 Å². The monoisotopic (exact) mass is 600 g/mol. The summed E-state index contributed by atoms with van der Waals surface area (Å²) in [7, 11) is 3.10. The van der Waals surface area contributed by atoms with Gasteiger partial charge in [-0.05, 0) is 66.0 Å². The number of ether oxygens (including phenoxy) is 3. The molecule has 3 amide bonds. The lowest BCUT2D eigenvalue weighted by molar-refractivity contribution is 0.0598. The number of amides is 3.